The Morgan fingerprint density at radius 1 is 0.919 bits per heavy atom. The Morgan fingerprint density at radius 3 is 2.43 bits per heavy atom. The van der Waals surface area contributed by atoms with E-state index in [9.17, 15) is 15.0 Å². The zero-order valence-electron chi connectivity index (χ0n) is 20.9. The molecule has 4 N–H and O–H groups in total. The quantitative estimate of drug-likeness (QED) is 0.279. The van der Waals surface area contributed by atoms with Crippen molar-refractivity contribution in [2.75, 3.05) is 23.4 Å². The second-order valence-corrected chi connectivity index (χ2v) is 10.2. The van der Waals surface area contributed by atoms with Crippen LogP contribution in [0.25, 0.3) is 0 Å². The first kappa shape index (κ1) is 27.2. The van der Waals surface area contributed by atoms with Crippen molar-refractivity contribution in [2.45, 2.75) is 38.6 Å². The van der Waals surface area contributed by atoms with Crippen LogP contribution < -0.4 is 10.6 Å². The maximum absolute atomic E-state index is 12.5. The zero-order chi connectivity index (χ0) is 26.0. The van der Waals surface area contributed by atoms with Gasteiger partial charge in [0.1, 0.15) is 0 Å². The minimum Gasteiger partial charge on any atom is -0.396 e. The number of carbonyl (C=O) groups is 1. The second kappa shape index (κ2) is 13.6. The van der Waals surface area contributed by atoms with Crippen LogP contribution in [0.15, 0.2) is 78.9 Å². The Morgan fingerprint density at radius 2 is 1.70 bits per heavy atom. The molecule has 1 saturated heterocycles. The molecule has 0 aliphatic carbocycles. The molecule has 0 aromatic heterocycles. The first-order valence-corrected chi connectivity index (χ1v) is 13.6. The minimum atomic E-state index is -0.618. The molecule has 8 heteroatoms. The summed E-state index contributed by atoms with van der Waals surface area (Å²) in [5, 5.41) is 24.4. The van der Waals surface area contributed by atoms with E-state index in [2.05, 4.69) is 17.6 Å². The van der Waals surface area contributed by atoms with Gasteiger partial charge in [0.15, 0.2) is 6.29 Å². The Kier molecular flexibility index (Phi) is 9.99. The zero-order valence-corrected chi connectivity index (χ0v) is 21.7. The molecule has 1 aliphatic rings. The molecule has 1 heterocycles. The summed E-state index contributed by atoms with van der Waals surface area (Å²) in [6, 6.07) is 24.7. The normalized spacial score (nSPS) is 21.4. The number of amides is 2. The van der Waals surface area contributed by atoms with Crippen LogP contribution in [-0.2, 0) is 22.6 Å². The van der Waals surface area contributed by atoms with Gasteiger partial charge in [-0.2, -0.15) is 11.8 Å². The summed E-state index contributed by atoms with van der Waals surface area (Å²) < 4.78 is 12.9. The molecule has 37 heavy (non-hydrogen) atoms. The van der Waals surface area contributed by atoms with Gasteiger partial charge in [-0.3, -0.25) is 0 Å². The van der Waals surface area contributed by atoms with Crippen LogP contribution in [0.5, 0.6) is 0 Å². The molecule has 196 valence electrons. The van der Waals surface area contributed by atoms with Crippen LogP contribution in [0.1, 0.15) is 41.6 Å². The van der Waals surface area contributed by atoms with Crippen LogP contribution in [0.2, 0.25) is 0 Å². The van der Waals surface area contributed by atoms with E-state index in [-0.39, 0.29) is 37.4 Å². The molecule has 3 aromatic carbocycles. The maximum atomic E-state index is 12.5. The predicted molar refractivity (Wildman–Crippen MR) is 146 cm³/mol. The molecule has 2 amide bonds. The van der Waals surface area contributed by atoms with Gasteiger partial charge in [-0.1, -0.05) is 73.7 Å². The lowest BCUT2D eigenvalue weighted by molar-refractivity contribution is -0.268. The number of rotatable bonds is 10. The van der Waals surface area contributed by atoms with Gasteiger partial charge in [0.25, 0.3) is 0 Å². The van der Waals surface area contributed by atoms with Crippen molar-refractivity contribution < 1.29 is 24.5 Å². The molecule has 0 bridgehead atoms. The molecule has 4 atom stereocenters. The fourth-order valence-corrected chi connectivity index (χ4v) is 5.20. The highest BCUT2D eigenvalue weighted by molar-refractivity contribution is 7.99. The number of nitrogens with one attached hydrogen (secondary N) is 2. The Bertz CT molecular complexity index is 1130. The van der Waals surface area contributed by atoms with Gasteiger partial charge < -0.3 is 30.3 Å². The van der Waals surface area contributed by atoms with Crippen LogP contribution in [0.3, 0.4) is 0 Å². The molecular formula is C29H34N2O5S. The van der Waals surface area contributed by atoms with Crippen molar-refractivity contribution in [3.05, 3.63) is 101 Å². The van der Waals surface area contributed by atoms with Crippen LogP contribution in [-0.4, -0.2) is 40.5 Å². The summed E-state index contributed by atoms with van der Waals surface area (Å²) in [5.74, 6) is 1.45. The van der Waals surface area contributed by atoms with E-state index in [0.717, 1.165) is 28.0 Å². The number of carbonyl (C=O) groups excluding carboxylic acids is 1. The number of benzene rings is 3. The summed E-state index contributed by atoms with van der Waals surface area (Å²) in [5.41, 5.74) is 4.34. The molecule has 1 aliphatic heterocycles. The third kappa shape index (κ3) is 7.56. The fourth-order valence-electron chi connectivity index (χ4n) is 4.29. The van der Waals surface area contributed by atoms with E-state index in [1.807, 2.05) is 78.9 Å². The molecule has 4 unspecified atom stereocenters. The number of aliphatic hydroxyl groups is 2. The van der Waals surface area contributed by atoms with E-state index in [1.165, 1.54) is 0 Å². The average molecular weight is 523 g/mol. The Balaban J connectivity index is 1.47. The minimum absolute atomic E-state index is 0.00770. The number of aliphatic hydroxyl groups excluding tert-OH is 2. The highest BCUT2D eigenvalue weighted by Crippen LogP contribution is 2.42. The standard InChI is InChI=1S/C29H34N2O5S/c1-20-26(19-37-15-14-32)35-28(36-27(20)23-12-10-22(18-33)11-13-23)24-8-5-9-25(16-24)31-29(34)30-17-21-6-3-2-4-7-21/h2-13,16,20,26-28,32-33H,14-15,17-19H2,1H3,(H2,30,31,34). The van der Waals surface area contributed by atoms with Gasteiger partial charge in [0.05, 0.1) is 25.4 Å². The Labute approximate surface area is 222 Å². The van der Waals surface area contributed by atoms with Gasteiger partial charge in [-0.25, -0.2) is 4.79 Å². The molecule has 7 nitrogen and oxygen atoms in total. The van der Waals surface area contributed by atoms with Crippen molar-refractivity contribution in [2.24, 2.45) is 5.92 Å². The van der Waals surface area contributed by atoms with E-state index in [1.54, 1.807) is 11.8 Å². The number of hydrogen-bond donors (Lipinski definition) is 4. The van der Waals surface area contributed by atoms with E-state index >= 15 is 0 Å². The second-order valence-electron chi connectivity index (χ2n) is 9.04. The van der Waals surface area contributed by atoms with Crippen LogP contribution in [0, 0.1) is 5.92 Å². The first-order valence-electron chi connectivity index (χ1n) is 12.5. The topological polar surface area (TPSA) is 100 Å². The fraction of sp³-hybridized carbons (Fsp3) is 0.345. The third-order valence-electron chi connectivity index (χ3n) is 6.35. The monoisotopic (exact) mass is 522 g/mol. The summed E-state index contributed by atoms with van der Waals surface area (Å²) >= 11 is 1.65. The van der Waals surface area contributed by atoms with Crippen LogP contribution in [0.4, 0.5) is 10.5 Å². The number of thioether (sulfide) groups is 1. The van der Waals surface area contributed by atoms with Crippen LogP contribution >= 0.6 is 11.8 Å². The molecular weight excluding hydrogens is 488 g/mol. The van der Waals surface area contributed by atoms with Gasteiger partial charge in [0.2, 0.25) is 0 Å². The highest BCUT2D eigenvalue weighted by Gasteiger charge is 2.38. The molecule has 0 radical (unpaired) electrons. The largest absolute Gasteiger partial charge is 0.396 e. The van der Waals surface area contributed by atoms with Gasteiger partial charge in [0, 0.05) is 35.2 Å². The van der Waals surface area contributed by atoms with E-state index in [0.29, 0.717) is 18.0 Å². The maximum Gasteiger partial charge on any atom is 0.319 e. The lowest BCUT2D eigenvalue weighted by Gasteiger charge is -2.41. The predicted octanol–water partition coefficient (Wildman–Crippen LogP) is 5.02. The highest BCUT2D eigenvalue weighted by atomic mass is 32.2. The van der Waals surface area contributed by atoms with Crippen molar-refractivity contribution in [3.63, 3.8) is 0 Å². The van der Waals surface area contributed by atoms with Gasteiger partial charge in [-0.05, 0) is 28.8 Å². The number of urea groups is 1. The molecule has 3 aromatic rings. The van der Waals surface area contributed by atoms with Gasteiger partial charge in [-0.15, -0.1) is 0 Å². The van der Waals surface area contributed by atoms with Crippen molar-refractivity contribution in [3.8, 4) is 0 Å². The van der Waals surface area contributed by atoms with E-state index in [4.69, 9.17) is 9.47 Å². The van der Waals surface area contributed by atoms with E-state index < -0.39 is 6.29 Å². The average Bonchev–Trinajstić information content (AvgIpc) is 2.94. The smallest absolute Gasteiger partial charge is 0.319 e. The molecule has 4 rings (SSSR count). The third-order valence-corrected chi connectivity index (χ3v) is 7.39. The number of anilines is 1. The van der Waals surface area contributed by atoms with Gasteiger partial charge >= 0.3 is 6.03 Å². The summed E-state index contributed by atoms with van der Waals surface area (Å²) in [6.45, 7) is 2.66. The number of hydrogen-bond acceptors (Lipinski definition) is 6. The van der Waals surface area contributed by atoms with Crippen molar-refractivity contribution >= 4 is 23.5 Å². The lowest BCUT2D eigenvalue weighted by Crippen LogP contribution is -2.38. The van der Waals surface area contributed by atoms with Crippen molar-refractivity contribution in [1.82, 2.24) is 5.32 Å². The first-order chi connectivity index (χ1) is 18.1. The molecule has 0 saturated carbocycles. The lowest BCUT2D eigenvalue weighted by atomic mass is 9.91. The molecule has 0 spiro atoms. The number of ether oxygens (including phenoxy) is 2. The Hall–Kier alpha value is -2.88. The van der Waals surface area contributed by atoms with Crippen molar-refractivity contribution in [1.29, 1.82) is 0 Å². The SMILES string of the molecule is CC1C(CSCCO)OC(c2cccc(NC(=O)NCc3ccccc3)c2)OC1c1ccc(CO)cc1. The molecule has 1 fully saturated rings. The summed E-state index contributed by atoms with van der Waals surface area (Å²) in [7, 11) is 0. The summed E-state index contributed by atoms with van der Waals surface area (Å²) in [4.78, 5) is 12.5. The summed E-state index contributed by atoms with van der Waals surface area (Å²) in [6.07, 6.45) is -0.923.